The number of phenolic OH excluding ortho intramolecular Hbond substituents is 2. The quantitative estimate of drug-likeness (QED) is 0.913. The first-order valence-corrected chi connectivity index (χ1v) is 6.44. The van der Waals surface area contributed by atoms with E-state index in [0.29, 0.717) is 0 Å². The van der Waals surface area contributed by atoms with E-state index in [1.54, 1.807) is 31.3 Å². The van der Waals surface area contributed by atoms with E-state index in [9.17, 15) is 19.4 Å². The SMILES string of the molecule is CC(c1ccc(O)cc1)N(C)C(=O)c1ccc(F)cc1O. The number of nitrogens with zero attached hydrogens (tertiary/aromatic N) is 1. The molecule has 0 fully saturated rings. The Bertz CT molecular complexity index is 655. The number of halogens is 1. The number of amides is 1. The van der Waals surface area contributed by atoms with Crippen molar-refractivity contribution in [3.63, 3.8) is 0 Å². The molecule has 0 saturated heterocycles. The predicted molar refractivity (Wildman–Crippen MR) is 76.7 cm³/mol. The summed E-state index contributed by atoms with van der Waals surface area (Å²) >= 11 is 0. The monoisotopic (exact) mass is 289 g/mol. The van der Waals surface area contributed by atoms with Crippen LogP contribution in [0.4, 0.5) is 4.39 Å². The fourth-order valence-corrected chi connectivity index (χ4v) is 2.03. The molecule has 110 valence electrons. The molecule has 21 heavy (non-hydrogen) atoms. The van der Waals surface area contributed by atoms with Crippen LogP contribution >= 0.6 is 0 Å². The lowest BCUT2D eigenvalue weighted by Crippen LogP contribution is -2.29. The molecule has 0 aliphatic heterocycles. The number of phenols is 2. The molecule has 0 saturated carbocycles. The molecule has 0 radical (unpaired) electrons. The molecule has 1 amide bonds. The van der Waals surface area contributed by atoms with Gasteiger partial charge >= 0.3 is 0 Å². The molecule has 1 unspecified atom stereocenters. The van der Waals surface area contributed by atoms with Crippen molar-refractivity contribution in [2.24, 2.45) is 0 Å². The Morgan fingerprint density at radius 1 is 1.14 bits per heavy atom. The van der Waals surface area contributed by atoms with Crippen LogP contribution in [0.25, 0.3) is 0 Å². The molecule has 1 atom stereocenters. The first-order valence-electron chi connectivity index (χ1n) is 6.44. The molecule has 0 heterocycles. The van der Waals surface area contributed by atoms with Crippen molar-refractivity contribution in [3.8, 4) is 11.5 Å². The normalized spacial score (nSPS) is 12.0. The largest absolute Gasteiger partial charge is 0.508 e. The van der Waals surface area contributed by atoms with Crippen LogP contribution in [0.3, 0.4) is 0 Å². The summed E-state index contributed by atoms with van der Waals surface area (Å²) in [6.45, 7) is 1.82. The number of aromatic hydroxyl groups is 2. The molecule has 2 rings (SSSR count). The van der Waals surface area contributed by atoms with Crippen LogP contribution in [0.1, 0.15) is 28.9 Å². The molecule has 0 aliphatic carbocycles. The molecular weight excluding hydrogens is 273 g/mol. The molecule has 2 aromatic rings. The maximum Gasteiger partial charge on any atom is 0.257 e. The lowest BCUT2D eigenvalue weighted by Gasteiger charge is -2.25. The van der Waals surface area contributed by atoms with Gasteiger partial charge in [-0.15, -0.1) is 0 Å². The third-order valence-electron chi connectivity index (χ3n) is 3.47. The number of carbonyl (C=O) groups is 1. The zero-order valence-corrected chi connectivity index (χ0v) is 11.7. The summed E-state index contributed by atoms with van der Waals surface area (Å²) in [4.78, 5) is 13.8. The second-order valence-electron chi connectivity index (χ2n) is 4.85. The van der Waals surface area contributed by atoms with Gasteiger partial charge in [-0.2, -0.15) is 0 Å². The Morgan fingerprint density at radius 2 is 1.76 bits per heavy atom. The van der Waals surface area contributed by atoms with Crippen molar-refractivity contribution in [2.45, 2.75) is 13.0 Å². The highest BCUT2D eigenvalue weighted by Gasteiger charge is 2.21. The van der Waals surface area contributed by atoms with Crippen LogP contribution in [-0.4, -0.2) is 28.1 Å². The molecule has 0 spiro atoms. The molecule has 2 aromatic carbocycles. The summed E-state index contributed by atoms with van der Waals surface area (Å²) in [5.41, 5.74) is 0.884. The summed E-state index contributed by atoms with van der Waals surface area (Å²) in [6, 6.07) is 9.55. The smallest absolute Gasteiger partial charge is 0.257 e. The molecule has 4 nitrogen and oxygen atoms in total. The first-order chi connectivity index (χ1) is 9.90. The molecule has 0 aromatic heterocycles. The topological polar surface area (TPSA) is 60.8 Å². The molecule has 0 aliphatic rings. The summed E-state index contributed by atoms with van der Waals surface area (Å²) in [6.07, 6.45) is 0. The zero-order chi connectivity index (χ0) is 15.6. The van der Waals surface area contributed by atoms with Crippen LogP contribution in [0, 0.1) is 5.82 Å². The minimum atomic E-state index is -0.599. The van der Waals surface area contributed by atoms with Crippen LogP contribution in [0.5, 0.6) is 11.5 Å². The Hall–Kier alpha value is -2.56. The van der Waals surface area contributed by atoms with E-state index in [-0.39, 0.29) is 23.1 Å². The summed E-state index contributed by atoms with van der Waals surface area (Å²) in [5.74, 6) is -1.24. The van der Waals surface area contributed by atoms with E-state index in [1.165, 1.54) is 11.0 Å². The molecule has 5 heteroatoms. The molecule has 2 N–H and O–H groups in total. The van der Waals surface area contributed by atoms with Crippen molar-refractivity contribution in [1.29, 1.82) is 0 Å². The number of hydrogen-bond acceptors (Lipinski definition) is 3. The van der Waals surface area contributed by atoms with Crippen molar-refractivity contribution in [1.82, 2.24) is 4.90 Å². The van der Waals surface area contributed by atoms with E-state index in [4.69, 9.17) is 0 Å². The lowest BCUT2D eigenvalue weighted by molar-refractivity contribution is 0.0739. The van der Waals surface area contributed by atoms with Gasteiger partial charge in [0, 0.05) is 13.1 Å². The van der Waals surface area contributed by atoms with Gasteiger partial charge in [-0.05, 0) is 36.8 Å². The zero-order valence-electron chi connectivity index (χ0n) is 11.7. The third kappa shape index (κ3) is 3.13. The van der Waals surface area contributed by atoms with Crippen LogP contribution in [-0.2, 0) is 0 Å². The number of carbonyl (C=O) groups excluding carboxylic acids is 1. The van der Waals surface area contributed by atoms with Gasteiger partial charge in [-0.3, -0.25) is 4.79 Å². The van der Waals surface area contributed by atoms with E-state index in [2.05, 4.69) is 0 Å². The minimum Gasteiger partial charge on any atom is -0.508 e. The maximum atomic E-state index is 13.0. The third-order valence-corrected chi connectivity index (χ3v) is 3.47. The van der Waals surface area contributed by atoms with Gasteiger partial charge in [-0.25, -0.2) is 4.39 Å². The number of rotatable bonds is 3. The maximum absolute atomic E-state index is 13.0. The number of hydrogen-bond donors (Lipinski definition) is 2. The van der Waals surface area contributed by atoms with E-state index in [1.807, 2.05) is 6.92 Å². The standard InChI is InChI=1S/C16H16FNO3/c1-10(11-3-6-13(19)7-4-11)18(2)16(21)14-8-5-12(17)9-15(14)20/h3-10,19-20H,1-2H3. The first kappa shape index (κ1) is 14.8. The summed E-state index contributed by atoms with van der Waals surface area (Å²) < 4.78 is 13.0. The van der Waals surface area contributed by atoms with Gasteiger partial charge in [0.2, 0.25) is 0 Å². The molecular formula is C16H16FNO3. The second kappa shape index (κ2) is 5.83. The highest BCUT2D eigenvalue weighted by Crippen LogP contribution is 2.25. The summed E-state index contributed by atoms with van der Waals surface area (Å²) in [5, 5.41) is 19.0. The van der Waals surface area contributed by atoms with E-state index >= 15 is 0 Å². The lowest BCUT2D eigenvalue weighted by atomic mass is 10.1. The highest BCUT2D eigenvalue weighted by atomic mass is 19.1. The van der Waals surface area contributed by atoms with E-state index < -0.39 is 11.7 Å². The van der Waals surface area contributed by atoms with Gasteiger partial charge in [0.1, 0.15) is 17.3 Å². The van der Waals surface area contributed by atoms with Gasteiger partial charge in [0.25, 0.3) is 5.91 Å². The van der Waals surface area contributed by atoms with Crippen LogP contribution in [0.15, 0.2) is 42.5 Å². The van der Waals surface area contributed by atoms with E-state index in [0.717, 1.165) is 17.7 Å². The highest BCUT2D eigenvalue weighted by molar-refractivity contribution is 5.96. The average molecular weight is 289 g/mol. The van der Waals surface area contributed by atoms with Crippen LogP contribution < -0.4 is 0 Å². The van der Waals surface area contributed by atoms with Crippen molar-refractivity contribution < 1.29 is 19.4 Å². The van der Waals surface area contributed by atoms with Crippen molar-refractivity contribution in [3.05, 3.63) is 59.4 Å². The Kier molecular flexibility index (Phi) is 4.12. The van der Waals surface area contributed by atoms with Crippen LogP contribution in [0.2, 0.25) is 0 Å². The second-order valence-corrected chi connectivity index (χ2v) is 4.85. The minimum absolute atomic E-state index is 0.0459. The fourth-order valence-electron chi connectivity index (χ4n) is 2.03. The van der Waals surface area contributed by atoms with Gasteiger partial charge in [0.15, 0.2) is 0 Å². The fraction of sp³-hybridized carbons (Fsp3) is 0.188. The summed E-state index contributed by atoms with van der Waals surface area (Å²) in [7, 11) is 1.60. The average Bonchev–Trinajstić information content (AvgIpc) is 2.46. The predicted octanol–water partition coefficient (Wildman–Crippen LogP) is 3.07. The van der Waals surface area contributed by atoms with Gasteiger partial charge in [0.05, 0.1) is 11.6 Å². The van der Waals surface area contributed by atoms with Gasteiger partial charge < -0.3 is 15.1 Å². The number of benzene rings is 2. The Labute approximate surface area is 122 Å². The Morgan fingerprint density at radius 3 is 2.33 bits per heavy atom. The van der Waals surface area contributed by atoms with Crippen molar-refractivity contribution >= 4 is 5.91 Å². The Balaban J connectivity index is 2.24. The van der Waals surface area contributed by atoms with Gasteiger partial charge in [-0.1, -0.05) is 12.1 Å². The van der Waals surface area contributed by atoms with Crippen molar-refractivity contribution in [2.75, 3.05) is 7.05 Å². The molecule has 0 bridgehead atoms.